The Balaban J connectivity index is 1.98. The van der Waals surface area contributed by atoms with Crippen molar-refractivity contribution < 1.29 is 4.79 Å². The second-order valence-corrected chi connectivity index (χ2v) is 5.75. The highest BCUT2D eigenvalue weighted by Crippen LogP contribution is 2.20. The van der Waals surface area contributed by atoms with Crippen molar-refractivity contribution in [2.75, 3.05) is 0 Å². The summed E-state index contributed by atoms with van der Waals surface area (Å²) >= 11 is 0. The topological polar surface area (TPSA) is 90.5 Å². The first-order chi connectivity index (χ1) is 9.45. The summed E-state index contributed by atoms with van der Waals surface area (Å²) in [5.41, 5.74) is -0.0689. The number of carbonyl (C=O) groups is 1. The SMILES string of the molecule is CC(C)(C)C(Cn1ccnc1)NC(=O)Cn1cnnn1. The Kier molecular flexibility index (Phi) is 4.11. The van der Waals surface area contributed by atoms with Crippen LogP contribution in [0.15, 0.2) is 25.0 Å². The Morgan fingerprint density at radius 1 is 1.35 bits per heavy atom. The molecule has 1 amide bonds. The van der Waals surface area contributed by atoms with E-state index in [4.69, 9.17) is 0 Å². The fourth-order valence-corrected chi connectivity index (χ4v) is 1.78. The Hall–Kier alpha value is -2.25. The van der Waals surface area contributed by atoms with Crippen LogP contribution in [-0.4, -0.2) is 41.7 Å². The van der Waals surface area contributed by atoms with Gasteiger partial charge in [0.05, 0.1) is 12.4 Å². The third-order valence-electron chi connectivity index (χ3n) is 3.03. The van der Waals surface area contributed by atoms with Gasteiger partial charge in [-0.3, -0.25) is 4.79 Å². The van der Waals surface area contributed by atoms with Crippen LogP contribution >= 0.6 is 0 Å². The van der Waals surface area contributed by atoms with Crippen LogP contribution < -0.4 is 5.32 Å². The number of rotatable bonds is 5. The molecule has 0 bridgehead atoms. The Labute approximate surface area is 117 Å². The van der Waals surface area contributed by atoms with Crippen LogP contribution in [0.1, 0.15) is 20.8 Å². The van der Waals surface area contributed by atoms with E-state index in [1.54, 1.807) is 12.5 Å². The lowest BCUT2D eigenvalue weighted by Crippen LogP contribution is -2.47. The van der Waals surface area contributed by atoms with Gasteiger partial charge >= 0.3 is 0 Å². The number of carbonyl (C=O) groups excluding carboxylic acids is 1. The summed E-state index contributed by atoms with van der Waals surface area (Å²) < 4.78 is 3.35. The molecule has 8 heteroatoms. The van der Waals surface area contributed by atoms with Crippen molar-refractivity contribution in [2.24, 2.45) is 5.41 Å². The average Bonchev–Trinajstić information content (AvgIpc) is 2.99. The Morgan fingerprint density at radius 3 is 2.70 bits per heavy atom. The number of hydrogen-bond acceptors (Lipinski definition) is 5. The molecule has 2 aromatic rings. The quantitative estimate of drug-likeness (QED) is 0.837. The lowest BCUT2D eigenvalue weighted by Gasteiger charge is -2.31. The van der Waals surface area contributed by atoms with Crippen LogP contribution in [0.25, 0.3) is 0 Å². The first-order valence-electron chi connectivity index (χ1n) is 6.41. The van der Waals surface area contributed by atoms with Crippen LogP contribution in [0.4, 0.5) is 0 Å². The zero-order valence-corrected chi connectivity index (χ0v) is 11.9. The number of nitrogens with zero attached hydrogens (tertiary/aromatic N) is 6. The lowest BCUT2D eigenvalue weighted by molar-refractivity contribution is -0.123. The van der Waals surface area contributed by atoms with Crippen LogP contribution in [-0.2, 0) is 17.9 Å². The van der Waals surface area contributed by atoms with E-state index in [9.17, 15) is 4.79 Å². The minimum absolute atomic E-state index is 0.0133. The molecule has 0 saturated heterocycles. The molecule has 108 valence electrons. The number of amides is 1. The molecule has 0 saturated carbocycles. The monoisotopic (exact) mass is 277 g/mol. The minimum atomic E-state index is -0.114. The zero-order valence-electron chi connectivity index (χ0n) is 11.9. The molecule has 0 aliphatic rings. The van der Waals surface area contributed by atoms with Crippen molar-refractivity contribution in [3.63, 3.8) is 0 Å². The molecule has 1 N–H and O–H groups in total. The van der Waals surface area contributed by atoms with E-state index in [0.717, 1.165) is 0 Å². The molecule has 0 radical (unpaired) electrons. The summed E-state index contributed by atoms with van der Waals surface area (Å²) in [6.07, 6.45) is 6.77. The van der Waals surface area contributed by atoms with Crippen LogP contribution in [0.2, 0.25) is 0 Å². The van der Waals surface area contributed by atoms with Gasteiger partial charge < -0.3 is 9.88 Å². The maximum atomic E-state index is 12.0. The van der Waals surface area contributed by atoms with Gasteiger partial charge in [0, 0.05) is 18.9 Å². The predicted molar refractivity (Wildman–Crippen MR) is 71.4 cm³/mol. The van der Waals surface area contributed by atoms with E-state index in [2.05, 4.69) is 46.6 Å². The summed E-state index contributed by atoms with van der Waals surface area (Å²) in [7, 11) is 0. The normalized spacial score (nSPS) is 13.2. The van der Waals surface area contributed by atoms with Gasteiger partial charge in [0.1, 0.15) is 12.9 Å². The van der Waals surface area contributed by atoms with Gasteiger partial charge in [0.2, 0.25) is 5.91 Å². The second kappa shape index (κ2) is 5.81. The highest BCUT2D eigenvalue weighted by Gasteiger charge is 2.26. The smallest absolute Gasteiger partial charge is 0.242 e. The number of hydrogen-bond donors (Lipinski definition) is 1. The molecular weight excluding hydrogens is 258 g/mol. The summed E-state index contributed by atoms with van der Waals surface area (Å²) in [4.78, 5) is 16.1. The Bertz CT molecular complexity index is 527. The van der Waals surface area contributed by atoms with Gasteiger partial charge in [-0.15, -0.1) is 5.10 Å². The van der Waals surface area contributed by atoms with Crippen LogP contribution in [0.5, 0.6) is 0 Å². The van der Waals surface area contributed by atoms with Gasteiger partial charge in [-0.2, -0.15) is 0 Å². The molecule has 20 heavy (non-hydrogen) atoms. The molecular formula is C12H19N7O. The molecule has 2 rings (SSSR count). The lowest BCUT2D eigenvalue weighted by atomic mass is 9.86. The highest BCUT2D eigenvalue weighted by atomic mass is 16.2. The van der Waals surface area contributed by atoms with E-state index in [-0.39, 0.29) is 23.9 Å². The fourth-order valence-electron chi connectivity index (χ4n) is 1.78. The van der Waals surface area contributed by atoms with Crippen molar-refractivity contribution >= 4 is 5.91 Å². The molecule has 0 spiro atoms. The van der Waals surface area contributed by atoms with E-state index >= 15 is 0 Å². The fraction of sp³-hybridized carbons (Fsp3) is 0.583. The summed E-state index contributed by atoms with van der Waals surface area (Å²) in [6.45, 7) is 7.05. The van der Waals surface area contributed by atoms with Gasteiger partial charge in [-0.25, -0.2) is 9.67 Å². The Morgan fingerprint density at radius 2 is 2.15 bits per heavy atom. The second-order valence-electron chi connectivity index (χ2n) is 5.75. The molecule has 0 fully saturated rings. The first kappa shape index (κ1) is 14.2. The standard InChI is InChI=1S/C12H19N7O/c1-12(2,3)10(6-18-5-4-13-8-18)15-11(20)7-19-9-14-16-17-19/h4-5,8-10H,6-7H2,1-3H3,(H,15,20). The maximum Gasteiger partial charge on any atom is 0.242 e. The van der Waals surface area contributed by atoms with Crippen molar-refractivity contribution in [1.29, 1.82) is 0 Å². The molecule has 0 aliphatic carbocycles. The molecule has 0 aliphatic heterocycles. The van der Waals surface area contributed by atoms with Gasteiger partial charge in [0.15, 0.2) is 0 Å². The third-order valence-corrected chi connectivity index (χ3v) is 3.03. The number of nitrogens with one attached hydrogen (secondary N) is 1. The largest absolute Gasteiger partial charge is 0.349 e. The van der Waals surface area contributed by atoms with Gasteiger partial charge in [0.25, 0.3) is 0 Å². The average molecular weight is 277 g/mol. The molecule has 1 atom stereocenters. The molecule has 0 aromatic carbocycles. The summed E-state index contributed by atoms with van der Waals surface area (Å²) in [5.74, 6) is -0.114. The maximum absolute atomic E-state index is 12.0. The van der Waals surface area contributed by atoms with Gasteiger partial charge in [-0.05, 0) is 15.8 Å². The van der Waals surface area contributed by atoms with E-state index in [1.807, 2.05) is 10.8 Å². The van der Waals surface area contributed by atoms with E-state index in [1.165, 1.54) is 11.0 Å². The van der Waals surface area contributed by atoms with Crippen molar-refractivity contribution in [3.05, 3.63) is 25.0 Å². The number of imidazole rings is 1. The van der Waals surface area contributed by atoms with Crippen LogP contribution in [0, 0.1) is 5.41 Å². The first-order valence-corrected chi connectivity index (χ1v) is 6.41. The number of tetrazole rings is 1. The minimum Gasteiger partial charge on any atom is -0.349 e. The molecule has 2 heterocycles. The highest BCUT2D eigenvalue weighted by molar-refractivity contribution is 5.76. The van der Waals surface area contributed by atoms with Gasteiger partial charge in [-0.1, -0.05) is 20.8 Å². The van der Waals surface area contributed by atoms with E-state index < -0.39 is 0 Å². The van der Waals surface area contributed by atoms with Crippen molar-refractivity contribution in [1.82, 2.24) is 35.1 Å². The summed E-state index contributed by atoms with van der Waals surface area (Å²) in [5, 5.41) is 13.7. The van der Waals surface area contributed by atoms with Crippen LogP contribution in [0.3, 0.4) is 0 Å². The third kappa shape index (κ3) is 3.87. The van der Waals surface area contributed by atoms with Crippen molar-refractivity contribution in [2.45, 2.75) is 39.9 Å². The van der Waals surface area contributed by atoms with Crippen molar-refractivity contribution in [3.8, 4) is 0 Å². The molecule has 8 nitrogen and oxygen atoms in total. The molecule has 1 unspecified atom stereocenters. The van der Waals surface area contributed by atoms with E-state index in [0.29, 0.717) is 6.54 Å². The predicted octanol–water partition coefficient (Wildman–Crippen LogP) is 0.101. The number of aromatic nitrogens is 6. The summed E-state index contributed by atoms with van der Waals surface area (Å²) in [6, 6.07) is -0.0133. The molecule has 2 aromatic heterocycles. The zero-order chi connectivity index (χ0) is 14.6.